The van der Waals surface area contributed by atoms with Gasteiger partial charge < -0.3 is 49.8 Å². The average molecular weight is 1010 g/mol. The van der Waals surface area contributed by atoms with Gasteiger partial charge in [-0.1, -0.05) is 79.0 Å². The molecule has 1 aliphatic carbocycles. The number of carbonyl (C=O) groups is 3. The number of fused-ring (bicyclic) bond motifs is 13. The van der Waals surface area contributed by atoms with Crippen molar-refractivity contribution in [3.63, 3.8) is 0 Å². The van der Waals surface area contributed by atoms with Crippen LogP contribution in [-0.4, -0.2) is 142 Å². The zero-order valence-corrected chi connectivity index (χ0v) is 45.2. The van der Waals surface area contributed by atoms with E-state index < -0.39 is 47.0 Å². The Hall–Kier alpha value is -4.87. The van der Waals surface area contributed by atoms with Gasteiger partial charge >= 0.3 is 11.8 Å². The number of hydrogen-bond acceptors (Lipinski definition) is 15. The molecule has 2 saturated heterocycles. The molecule has 5 N–H and O–H groups in total. The standard InChI is InChI=1S/C56H80N6O9.CH4O/c1-33(2)30-60-22-20-56(21-23-60)58-45-42-43-49(65)39(8)52-44(42)53(67)55(9,71-52)69-28-14-17-35(4)51(70-41(63)32-62-26-24-61(25-27-62)31-40-18-11-10-12-19-40)38(7)48(64)37(6)29-34(3)15-13-16-36(5)54(68)57-47(50(43)66)46(45)59-56;1-2/h13-16,28,33-35,37-38,40,48,51,64-66H,10-12,17-27,29-32H2,1-9H3,(H,57,68);2H,1H3/b15-13+,28-14+,36-16-;/t34?,35-,37-,38-,48-,51?,55?;/m1./s1. The largest absolute Gasteiger partial charge is 0.507 e. The van der Waals surface area contributed by atoms with Crippen LogP contribution in [0.15, 0.2) is 46.1 Å². The molecule has 1 saturated carbocycles. The summed E-state index contributed by atoms with van der Waals surface area (Å²) in [7, 11) is 1.00. The van der Waals surface area contributed by atoms with Gasteiger partial charge in [0.15, 0.2) is 11.4 Å². The molecule has 7 aliphatic rings. The summed E-state index contributed by atoms with van der Waals surface area (Å²) in [6.45, 7) is 24.3. The molecule has 6 heterocycles. The number of piperidine rings is 1. The van der Waals surface area contributed by atoms with Crippen molar-refractivity contribution in [3.8, 4) is 17.2 Å². The SMILES string of the molecule is C/C1=C/C=C/C(C)C[C@@H](C)[C@@H](O)[C@@H](C)C(OC(=O)CN2CCN(CC3CCCCC3)CC2)[C@H](C)C/C=C/OC2(C)Oc3c(C)c(O)c4c(O)c(c5c(c4c3C2=O)=NC2(CCN(CC(C)C)CC2)N=5)NC1=O.CO. The average Bonchev–Trinajstić information content (AvgIpc) is 3.87. The molecule has 16 heteroatoms. The van der Waals surface area contributed by atoms with E-state index in [4.69, 9.17) is 29.3 Å². The summed E-state index contributed by atoms with van der Waals surface area (Å²) >= 11 is 0. The minimum atomic E-state index is -1.87. The predicted molar refractivity (Wildman–Crippen MR) is 282 cm³/mol. The second-order valence-corrected chi connectivity index (χ2v) is 22.6. The number of piperazine rings is 1. The number of phenolic OH excluding ortho intramolecular Hbond substituents is 2. The molecule has 73 heavy (non-hydrogen) atoms. The molecule has 1 spiro atoms. The summed E-state index contributed by atoms with van der Waals surface area (Å²) in [5, 5.41) is 46.6. The van der Waals surface area contributed by atoms with Crippen molar-refractivity contribution in [3.05, 3.63) is 58.0 Å². The molecule has 5 bridgehead atoms. The highest BCUT2D eigenvalue weighted by atomic mass is 16.7. The van der Waals surface area contributed by atoms with E-state index in [1.54, 1.807) is 26.0 Å². The van der Waals surface area contributed by atoms with E-state index in [0.717, 1.165) is 65.4 Å². The van der Waals surface area contributed by atoms with Crippen LogP contribution in [0.4, 0.5) is 5.69 Å². The Balaban J connectivity index is 0.00000385. The van der Waals surface area contributed by atoms with Crippen LogP contribution in [-0.2, 0) is 19.1 Å². The Kier molecular flexibility index (Phi) is 18.2. The Labute approximate surface area is 432 Å². The molecule has 6 aliphatic heterocycles. The van der Waals surface area contributed by atoms with Crippen molar-refractivity contribution in [1.29, 1.82) is 0 Å². The van der Waals surface area contributed by atoms with Crippen molar-refractivity contribution >= 4 is 34.1 Å². The molecular weight excluding hydrogens is 929 g/mol. The van der Waals surface area contributed by atoms with Crippen LogP contribution in [0.25, 0.3) is 10.8 Å². The fraction of sp³-hybridized carbons (Fsp3) is 0.667. The maximum atomic E-state index is 14.9. The van der Waals surface area contributed by atoms with Crippen LogP contribution in [0.2, 0.25) is 0 Å². The topological polar surface area (TPSA) is 206 Å². The zero-order valence-electron chi connectivity index (χ0n) is 45.2. The number of carbonyl (C=O) groups excluding carboxylic acids is 3. The number of likely N-dealkylation sites (tertiary alicyclic amines) is 1. The summed E-state index contributed by atoms with van der Waals surface area (Å²) in [6, 6.07) is 0. The van der Waals surface area contributed by atoms with Gasteiger partial charge in [-0.2, -0.15) is 0 Å². The smallest absolute Gasteiger partial charge is 0.320 e. The van der Waals surface area contributed by atoms with Crippen LogP contribution >= 0.6 is 0 Å². The van der Waals surface area contributed by atoms with Gasteiger partial charge in [0.2, 0.25) is 0 Å². The number of aliphatic hydroxyl groups is 2. The van der Waals surface area contributed by atoms with Gasteiger partial charge in [0.1, 0.15) is 28.6 Å². The highest BCUT2D eigenvalue weighted by Gasteiger charge is 2.50. The van der Waals surface area contributed by atoms with Crippen LogP contribution in [0.1, 0.15) is 129 Å². The first-order chi connectivity index (χ1) is 34.8. The van der Waals surface area contributed by atoms with E-state index in [-0.39, 0.29) is 80.1 Å². The molecule has 2 aromatic rings. The minimum Gasteiger partial charge on any atom is -0.507 e. The molecule has 9 rings (SSSR count). The predicted octanol–water partition coefficient (Wildman–Crippen LogP) is 6.94. The molecule has 0 radical (unpaired) electrons. The van der Waals surface area contributed by atoms with Crippen molar-refractivity contribution in [2.75, 3.05) is 71.3 Å². The number of phenols is 2. The van der Waals surface area contributed by atoms with Crippen molar-refractivity contribution in [2.45, 2.75) is 144 Å². The van der Waals surface area contributed by atoms with Crippen LogP contribution in [0, 0.1) is 42.4 Å². The van der Waals surface area contributed by atoms with Crippen LogP contribution in [0.5, 0.6) is 17.2 Å². The van der Waals surface area contributed by atoms with Gasteiger partial charge in [0, 0.05) is 102 Å². The third-order valence-electron chi connectivity index (χ3n) is 16.2. The molecule has 2 aromatic carbocycles. The van der Waals surface area contributed by atoms with E-state index in [1.165, 1.54) is 45.3 Å². The van der Waals surface area contributed by atoms with E-state index in [0.29, 0.717) is 37.2 Å². The molecule has 16 nitrogen and oxygen atoms in total. The van der Waals surface area contributed by atoms with Gasteiger partial charge in [-0.3, -0.25) is 29.3 Å². The van der Waals surface area contributed by atoms with Crippen molar-refractivity contribution < 1.29 is 49.0 Å². The number of hydrogen-bond donors (Lipinski definition) is 5. The monoisotopic (exact) mass is 1010 g/mol. The Morgan fingerprint density at radius 2 is 1.55 bits per heavy atom. The number of ether oxygens (including phenoxy) is 3. The van der Waals surface area contributed by atoms with Gasteiger partial charge in [-0.05, 0) is 75.2 Å². The molecule has 3 fully saturated rings. The second-order valence-electron chi connectivity index (χ2n) is 22.6. The number of anilines is 1. The summed E-state index contributed by atoms with van der Waals surface area (Å²) in [4.78, 5) is 60.3. The normalized spacial score (nSPS) is 30.3. The Bertz CT molecular complexity index is 2560. The number of amides is 1. The summed E-state index contributed by atoms with van der Waals surface area (Å²) in [5.74, 6) is -3.46. The lowest BCUT2D eigenvalue weighted by molar-refractivity contribution is -0.160. The quantitative estimate of drug-likeness (QED) is 0.141. The fourth-order valence-corrected chi connectivity index (χ4v) is 12.0. The number of aromatic hydroxyl groups is 2. The molecule has 1 amide bonds. The lowest BCUT2D eigenvalue weighted by atomic mass is 9.80. The lowest BCUT2D eigenvalue weighted by Gasteiger charge is -2.38. The highest BCUT2D eigenvalue weighted by molar-refractivity contribution is 6.19. The summed E-state index contributed by atoms with van der Waals surface area (Å²) < 4.78 is 19.0. The third kappa shape index (κ3) is 12.3. The Morgan fingerprint density at radius 1 is 0.890 bits per heavy atom. The van der Waals surface area contributed by atoms with E-state index in [9.17, 15) is 29.7 Å². The van der Waals surface area contributed by atoms with Crippen molar-refractivity contribution in [2.24, 2.45) is 45.5 Å². The summed E-state index contributed by atoms with van der Waals surface area (Å²) in [6.07, 6.45) is 16.1. The van der Waals surface area contributed by atoms with Crippen molar-refractivity contribution in [1.82, 2.24) is 14.7 Å². The van der Waals surface area contributed by atoms with Crippen LogP contribution < -0.4 is 20.8 Å². The van der Waals surface area contributed by atoms with E-state index in [2.05, 4.69) is 40.8 Å². The minimum absolute atomic E-state index is 0.00294. The first-order valence-corrected chi connectivity index (χ1v) is 27.0. The van der Waals surface area contributed by atoms with E-state index in [1.807, 2.05) is 32.9 Å². The number of ketones is 1. The lowest BCUT2D eigenvalue weighted by Crippen LogP contribution is -2.50. The molecule has 402 valence electrons. The number of nitrogens with one attached hydrogen (secondary N) is 1. The number of Topliss-reactive ketones (excluding diaryl/α,β-unsaturated/α-hetero) is 1. The summed E-state index contributed by atoms with van der Waals surface area (Å²) in [5.41, 5.74) is -0.266. The maximum absolute atomic E-state index is 14.9. The number of allylic oxidation sites excluding steroid dienone is 4. The number of esters is 1. The van der Waals surface area contributed by atoms with E-state index >= 15 is 0 Å². The first kappa shape index (κ1) is 55.9. The number of benzene rings is 2. The van der Waals surface area contributed by atoms with Gasteiger partial charge in [0.05, 0.1) is 35.2 Å². The molecule has 0 aromatic heterocycles. The van der Waals surface area contributed by atoms with Gasteiger partial charge in [0.25, 0.3) is 11.7 Å². The molecule has 3 unspecified atom stereocenters. The van der Waals surface area contributed by atoms with Gasteiger partial charge in [-0.25, -0.2) is 0 Å². The zero-order chi connectivity index (χ0) is 52.9. The number of aliphatic hydroxyl groups excluding tert-OH is 2. The Morgan fingerprint density at radius 3 is 2.22 bits per heavy atom. The van der Waals surface area contributed by atoms with Crippen LogP contribution in [0.3, 0.4) is 0 Å². The fourth-order valence-electron chi connectivity index (χ4n) is 12.0. The van der Waals surface area contributed by atoms with Gasteiger partial charge in [-0.15, -0.1) is 0 Å². The number of rotatable bonds is 7. The second kappa shape index (κ2) is 23.8. The third-order valence-corrected chi connectivity index (χ3v) is 16.2. The maximum Gasteiger partial charge on any atom is 0.320 e. The first-order valence-electron chi connectivity index (χ1n) is 27.0. The number of nitrogens with zero attached hydrogens (tertiary/aromatic N) is 5. The molecule has 7 atom stereocenters. The molecular formula is C57H84N6O10. The highest BCUT2D eigenvalue weighted by Crippen LogP contribution is 2.50.